The van der Waals surface area contributed by atoms with Crippen molar-refractivity contribution in [2.75, 3.05) is 13.7 Å². The molecule has 0 spiro atoms. The molecule has 3 aromatic rings. The number of aromatic nitrogens is 3. The molecule has 0 aliphatic heterocycles. The Hall–Kier alpha value is -3.79. The number of rotatable bonds is 11. The minimum atomic E-state index is -1.15. The summed E-state index contributed by atoms with van der Waals surface area (Å²) in [4.78, 5) is 23.5. The lowest BCUT2D eigenvalue weighted by Crippen LogP contribution is -2.10. The van der Waals surface area contributed by atoms with Crippen LogP contribution in [0.15, 0.2) is 42.7 Å². The minimum Gasteiger partial charge on any atom is -0.487 e. The molecule has 1 atom stereocenters. The maximum absolute atomic E-state index is 14.5. The minimum absolute atomic E-state index is 0.0198. The predicted molar refractivity (Wildman–Crippen MR) is 120 cm³/mol. The summed E-state index contributed by atoms with van der Waals surface area (Å²) in [5, 5.41) is 18.9. The van der Waals surface area contributed by atoms with Gasteiger partial charge in [0.05, 0.1) is 38.6 Å². The van der Waals surface area contributed by atoms with Crippen molar-refractivity contribution in [3.8, 4) is 28.8 Å². The molecule has 0 amide bonds. The van der Waals surface area contributed by atoms with Crippen molar-refractivity contribution in [3.05, 3.63) is 59.8 Å². The fraction of sp³-hybridized carbons (Fsp3) is 0.333. The number of benzene rings is 1. The van der Waals surface area contributed by atoms with E-state index < -0.39 is 24.3 Å². The third kappa shape index (κ3) is 6.61. The van der Waals surface area contributed by atoms with Crippen molar-refractivity contribution in [3.63, 3.8) is 0 Å². The van der Waals surface area contributed by atoms with Crippen LogP contribution in [0.25, 0.3) is 11.3 Å². The van der Waals surface area contributed by atoms with Crippen LogP contribution in [0.3, 0.4) is 0 Å². The third-order valence-corrected chi connectivity index (χ3v) is 4.64. The summed E-state index contributed by atoms with van der Waals surface area (Å²) in [5.74, 6) is -0.705. The molecule has 10 heteroatoms. The lowest BCUT2D eigenvalue weighted by atomic mass is 10.1. The first kappa shape index (κ1) is 24.8. The predicted octanol–water partition coefficient (Wildman–Crippen LogP) is 3.81. The standard InChI is InChI=1S/C24H26FN3O6/c1-14(2)12-34-24-23(18-8-21(32-3)26-11-19(18)25)27-10-16(28-24)13-33-17-6-4-5-15(7-17)20(29)9-22(30)31/h4-8,10-11,14,20,29H,9,12-13H2,1-3H3,(H,30,31)/t20-/m1/s1. The monoisotopic (exact) mass is 471 g/mol. The average Bonchev–Trinajstić information content (AvgIpc) is 2.81. The van der Waals surface area contributed by atoms with Crippen LogP contribution < -0.4 is 14.2 Å². The Kier molecular flexibility index (Phi) is 8.31. The van der Waals surface area contributed by atoms with Crippen molar-refractivity contribution in [1.29, 1.82) is 0 Å². The Labute approximate surface area is 196 Å². The fourth-order valence-electron chi connectivity index (χ4n) is 2.97. The topological polar surface area (TPSA) is 124 Å². The van der Waals surface area contributed by atoms with E-state index in [0.717, 1.165) is 6.20 Å². The van der Waals surface area contributed by atoms with Crippen LogP contribution in [0.4, 0.5) is 4.39 Å². The molecule has 1 aromatic carbocycles. The molecule has 34 heavy (non-hydrogen) atoms. The number of nitrogens with zero attached hydrogens (tertiary/aromatic N) is 3. The van der Waals surface area contributed by atoms with Crippen LogP contribution >= 0.6 is 0 Å². The van der Waals surface area contributed by atoms with E-state index in [4.69, 9.17) is 19.3 Å². The number of aliphatic carboxylic acids is 1. The molecule has 0 aliphatic rings. The molecular formula is C24H26FN3O6. The molecule has 0 saturated heterocycles. The summed E-state index contributed by atoms with van der Waals surface area (Å²) in [6.07, 6.45) is 0.935. The lowest BCUT2D eigenvalue weighted by Gasteiger charge is -2.14. The van der Waals surface area contributed by atoms with Crippen molar-refractivity contribution in [2.24, 2.45) is 5.92 Å². The van der Waals surface area contributed by atoms with E-state index in [-0.39, 0.29) is 35.5 Å². The number of carbonyl (C=O) groups is 1. The summed E-state index contributed by atoms with van der Waals surface area (Å²) in [6, 6.07) is 7.93. The van der Waals surface area contributed by atoms with Crippen LogP contribution in [0, 0.1) is 11.7 Å². The Morgan fingerprint density at radius 1 is 1.15 bits per heavy atom. The second-order valence-electron chi connectivity index (χ2n) is 7.90. The van der Waals surface area contributed by atoms with Gasteiger partial charge in [0.15, 0.2) is 5.82 Å². The number of halogens is 1. The third-order valence-electron chi connectivity index (χ3n) is 4.64. The van der Waals surface area contributed by atoms with Crippen LogP contribution in [0.2, 0.25) is 0 Å². The number of pyridine rings is 1. The average molecular weight is 471 g/mol. The molecular weight excluding hydrogens is 445 g/mol. The van der Waals surface area contributed by atoms with E-state index in [2.05, 4.69) is 15.0 Å². The normalized spacial score (nSPS) is 11.8. The van der Waals surface area contributed by atoms with Gasteiger partial charge in [-0.1, -0.05) is 26.0 Å². The molecule has 2 N–H and O–H groups in total. The first-order valence-electron chi connectivity index (χ1n) is 10.6. The van der Waals surface area contributed by atoms with Crippen molar-refractivity contribution < 1.29 is 33.6 Å². The van der Waals surface area contributed by atoms with E-state index in [1.165, 1.54) is 19.4 Å². The summed E-state index contributed by atoms with van der Waals surface area (Å²) in [5.41, 5.74) is 1.21. The number of aliphatic hydroxyl groups is 1. The van der Waals surface area contributed by atoms with Crippen molar-refractivity contribution in [1.82, 2.24) is 15.0 Å². The number of carboxylic acid groups (broad SMARTS) is 1. The van der Waals surface area contributed by atoms with Crippen LogP contribution in [0.1, 0.15) is 37.6 Å². The molecule has 2 heterocycles. The van der Waals surface area contributed by atoms with Crippen LogP contribution in [-0.4, -0.2) is 44.9 Å². The highest BCUT2D eigenvalue weighted by molar-refractivity contribution is 5.67. The Morgan fingerprint density at radius 3 is 2.65 bits per heavy atom. The molecule has 2 aromatic heterocycles. The molecule has 9 nitrogen and oxygen atoms in total. The van der Waals surface area contributed by atoms with Crippen LogP contribution in [-0.2, 0) is 11.4 Å². The SMILES string of the molecule is COc1cc(-c2ncc(COc3cccc([C@H](O)CC(=O)O)c3)nc2OCC(C)C)c(F)cn1. The quantitative estimate of drug-likeness (QED) is 0.430. The van der Waals surface area contributed by atoms with Crippen molar-refractivity contribution >= 4 is 5.97 Å². The van der Waals surface area contributed by atoms with E-state index in [1.54, 1.807) is 24.3 Å². The van der Waals surface area contributed by atoms with E-state index in [9.17, 15) is 14.3 Å². The van der Waals surface area contributed by atoms with Gasteiger partial charge in [0.25, 0.3) is 0 Å². The van der Waals surface area contributed by atoms with E-state index in [1.807, 2.05) is 13.8 Å². The second-order valence-corrected chi connectivity index (χ2v) is 7.90. The number of carboxylic acids is 1. The zero-order valence-electron chi connectivity index (χ0n) is 19.1. The van der Waals surface area contributed by atoms with Gasteiger partial charge < -0.3 is 24.4 Å². The first-order chi connectivity index (χ1) is 16.3. The molecule has 0 saturated carbocycles. The summed E-state index contributed by atoms with van der Waals surface area (Å²) < 4.78 is 31.2. The molecule has 3 rings (SSSR count). The van der Waals surface area contributed by atoms with Gasteiger partial charge in [0, 0.05) is 11.6 Å². The van der Waals surface area contributed by atoms with E-state index >= 15 is 0 Å². The summed E-state index contributed by atoms with van der Waals surface area (Å²) in [6.45, 7) is 4.31. The maximum atomic E-state index is 14.5. The van der Waals surface area contributed by atoms with Gasteiger partial charge in [-0.3, -0.25) is 4.79 Å². The number of hydrogen-bond acceptors (Lipinski definition) is 8. The smallest absolute Gasteiger partial charge is 0.306 e. The lowest BCUT2D eigenvalue weighted by molar-refractivity contribution is -0.139. The Balaban J connectivity index is 1.83. The van der Waals surface area contributed by atoms with Crippen LogP contribution in [0.5, 0.6) is 17.5 Å². The van der Waals surface area contributed by atoms with Gasteiger partial charge in [-0.15, -0.1) is 0 Å². The maximum Gasteiger partial charge on any atom is 0.306 e. The highest BCUT2D eigenvalue weighted by atomic mass is 19.1. The fourth-order valence-corrected chi connectivity index (χ4v) is 2.97. The molecule has 0 bridgehead atoms. The first-order valence-corrected chi connectivity index (χ1v) is 10.6. The molecule has 0 fully saturated rings. The molecule has 0 radical (unpaired) electrons. The molecule has 0 unspecified atom stereocenters. The van der Waals surface area contributed by atoms with Gasteiger partial charge >= 0.3 is 5.97 Å². The zero-order chi connectivity index (χ0) is 24.7. The highest BCUT2D eigenvalue weighted by Crippen LogP contribution is 2.31. The summed E-state index contributed by atoms with van der Waals surface area (Å²) >= 11 is 0. The number of aliphatic hydroxyl groups excluding tert-OH is 1. The van der Waals surface area contributed by atoms with E-state index in [0.29, 0.717) is 23.6 Å². The van der Waals surface area contributed by atoms with Gasteiger partial charge in [-0.2, -0.15) is 0 Å². The van der Waals surface area contributed by atoms with Gasteiger partial charge in [-0.05, 0) is 23.6 Å². The Morgan fingerprint density at radius 2 is 1.94 bits per heavy atom. The number of ether oxygens (including phenoxy) is 3. The van der Waals surface area contributed by atoms with Gasteiger partial charge in [0.1, 0.15) is 23.7 Å². The second kappa shape index (κ2) is 11.4. The van der Waals surface area contributed by atoms with Gasteiger partial charge in [0.2, 0.25) is 11.8 Å². The van der Waals surface area contributed by atoms with Crippen molar-refractivity contribution in [2.45, 2.75) is 33.0 Å². The molecule has 180 valence electrons. The largest absolute Gasteiger partial charge is 0.487 e. The Bertz CT molecular complexity index is 1140. The number of hydrogen-bond donors (Lipinski definition) is 2. The highest BCUT2D eigenvalue weighted by Gasteiger charge is 2.18. The van der Waals surface area contributed by atoms with Gasteiger partial charge in [-0.25, -0.2) is 19.3 Å². The number of methoxy groups -OCH3 is 1. The molecule has 0 aliphatic carbocycles. The zero-order valence-corrected chi connectivity index (χ0v) is 19.1. The summed E-state index contributed by atoms with van der Waals surface area (Å²) in [7, 11) is 1.43.